The molecule has 0 aliphatic carbocycles. The zero-order valence-corrected chi connectivity index (χ0v) is 12.4. The molecule has 0 radical (unpaired) electrons. The topological polar surface area (TPSA) is 58.4 Å². The first-order valence-electron chi connectivity index (χ1n) is 7.59. The highest BCUT2D eigenvalue weighted by atomic mass is 16.6. The minimum Gasteiger partial charge on any atom is -0.371 e. The monoisotopic (exact) mass is 297 g/mol. The molecule has 114 valence electrons. The van der Waals surface area contributed by atoms with Gasteiger partial charge in [-0.05, 0) is 43.5 Å². The number of rotatable bonds is 4. The number of nitrogens with one attached hydrogen (secondary N) is 1. The Morgan fingerprint density at radius 3 is 2.41 bits per heavy atom. The van der Waals surface area contributed by atoms with Gasteiger partial charge >= 0.3 is 0 Å². The molecule has 1 saturated heterocycles. The molecule has 0 unspecified atom stereocenters. The van der Waals surface area contributed by atoms with E-state index in [1.807, 2.05) is 42.5 Å². The van der Waals surface area contributed by atoms with E-state index in [-0.39, 0.29) is 10.6 Å². The molecule has 1 N–H and O–H groups in total. The van der Waals surface area contributed by atoms with Crippen molar-refractivity contribution in [3.63, 3.8) is 0 Å². The summed E-state index contributed by atoms with van der Waals surface area (Å²) in [5, 5.41) is 14.4. The normalized spacial score (nSPS) is 14.6. The van der Waals surface area contributed by atoms with E-state index < -0.39 is 0 Å². The van der Waals surface area contributed by atoms with Crippen molar-refractivity contribution >= 4 is 22.7 Å². The lowest BCUT2D eigenvalue weighted by atomic mass is 10.1. The van der Waals surface area contributed by atoms with Crippen LogP contribution in [0.2, 0.25) is 0 Å². The van der Waals surface area contributed by atoms with E-state index in [4.69, 9.17) is 0 Å². The standard InChI is InChI=1S/C17H19N3O2/c21-20(22)17-10-9-15(19-11-5-2-6-12-19)13-16(17)18-14-7-3-1-4-8-14/h1,3-4,7-10,13,18H,2,5-6,11-12H2. The second-order valence-electron chi connectivity index (χ2n) is 5.50. The number of piperidine rings is 1. The molecule has 22 heavy (non-hydrogen) atoms. The molecule has 2 aromatic carbocycles. The van der Waals surface area contributed by atoms with Crippen molar-refractivity contribution < 1.29 is 4.92 Å². The van der Waals surface area contributed by atoms with E-state index in [0.29, 0.717) is 5.69 Å². The third-order valence-corrected chi connectivity index (χ3v) is 3.95. The fraction of sp³-hybridized carbons (Fsp3) is 0.294. The Bertz CT molecular complexity index is 652. The van der Waals surface area contributed by atoms with Crippen molar-refractivity contribution in [1.29, 1.82) is 0 Å². The minimum absolute atomic E-state index is 0.101. The Balaban J connectivity index is 1.92. The highest BCUT2D eigenvalue weighted by Crippen LogP contribution is 2.32. The van der Waals surface area contributed by atoms with Gasteiger partial charge in [0.2, 0.25) is 0 Å². The number of hydrogen-bond donors (Lipinski definition) is 1. The van der Waals surface area contributed by atoms with Crippen LogP contribution < -0.4 is 10.2 Å². The molecule has 1 heterocycles. The fourth-order valence-electron chi connectivity index (χ4n) is 2.81. The number of hydrogen-bond acceptors (Lipinski definition) is 4. The molecule has 0 atom stereocenters. The van der Waals surface area contributed by atoms with Gasteiger partial charge in [-0.1, -0.05) is 18.2 Å². The van der Waals surface area contributed by atoms with E-state index in [9.17, 15) is 10.1 Å². The Morgan fingerprint density at radius 1 is 1.00 bits per heavy atom. The van der Waals surface area contributed by atoms with Crippen LogP contribution in [-0.4, -0.2) is 18.0 Å². The second-order valence-corrected chi connectivity index (χ2v) is 5.50. The summed E-state index contributed by atoms with van der Waals surface area (Å²) in [5.74, 6) is 0. The number of nitro benzene ring substituents is 1. The molecule has 0 bridgehead atoms. The van der Waals surface area contributed by atoms with Crippen LogP contribution in [0.5, 0.6) is 0 Å². The van der Waals surface area contributed by atoms with Gasteiger partial charge in [-0.25, -0.2) is 0 Å². The smallest absolute Gasteiger partial charge is 0.292 e. The van der Waals surface area contributed by atoms with E-state index in [0.717, 1.165) is 24.5 Å². The predicted octanol–water partition coefficient (Wildman–Crippen LogP) is 4.33. The Morgan fingerprint density at radius 2 is 1.73 bits per heavy atom. The largest absolute Gasteiger partial charge is 0.371 e. The minimum atomic E-state index is -0.342. The third-order valence-electron chi connectivity index (χ3n) is 3.95. The molecule has 1 fully saturated rings. The summed E-state index contributed by atoms with van der Waals surface area (Å²) < 4.78 is 0. The molecule has 2 aromatic rings. The van der Waals surface area contributed by atoms with Gasteiger partial charge in [0.15, 0.2) is 0 Å². The molecule has 0 spiro atoms. The average Bonchev–Trinajstić information content (AvgIpc) is 2.56. The van der Waals surface area contributed by atoms with Crippen LogP contribution in [0.4, 0.5) is 22.7 Å². The lowest BCUT2D eigenvalue weighted by Gasteiger charge is -2.29. The predicted molar refractivity (Wildman–Crippen MR) is 88.9 cm³/mol. The Hall–Kier alpha value is -2.56. The zero-order chi connectivity index (χ0) is 15.4. The number of benzene rings is 2. The number of anilines is 3. The molecule has 1 aliphatic rings. The van der Waals surface area contributed by atoms with Gasteiger partial charge in [-0.3, -0.25) is 10.1 Å². The van der Waals surface area contributed by atoms with Crippen LogP contribution in [0, 0.1) is 10.1 Å². The van der Waals surface area contributed by atoms with Crippen molar-refractivity contribution in [2.75, 3.05) is 23.3 Å². The van der Waals surface area contributed by atoms with Gasteiger partial charge < -0.3 is 10.2 Å². The van der Waals surface area contributed by atoms with Crippen LogP contribution in [0.1, 0.15) is 19.3 Å². The summed E-state index contributed by atoms with van der Waals surface area (Å²) in [5.41, 5.74) is 2.54. The molecule has 0 saturated carbocycles. The second kappa shape index (κ2) is 6.47. The van der Waals surface area contributed by atoms with Gasteiger partial charge in [-0.2, -0.15) is 0 Å². The van der Waals surface area contributed by atoms with Gasteiger partial charge in [0.05, 0.1) is 4.92 Å². The van der Waals surface area contributed by atoms with Gasteiger partial charge in [0, 0.05) is 30.5 Å². The Labute approximate surface area is 129 Å². The summed E-state index contributed by atoms with van der Waals surface area (Å²) in [6, 6.07) is 14.9. The lowest BCUT2D eigenvalue weighted by Crippen LogP contribution is -2.29. The zero-order valence-electron chi connectivity index (χ0n) is 12.4. The number of nitrogens with zero attached hydrogens (tertiary/aromatic N) is 2. The molecule has 0 aromatic heterocycles. The highest BCUT2D eigenvalue weighted by Gasteiger charge is 2.18. The van der Waals surface area contributed by atoms with Crippen LogP contribution in [0.15, 0.2) is 48.5 Å². The first kappa shape index (κ1) is 14.4. The summed E-state index contributed by atoms with van der Waals surface area (Å²) in [6.45, 7) is 2.03. The van der Waals surface area contributed by atoms with Crippen molar-refractivity contribution in [3.8, 4) is 0 Å². The first-order valence-corrected chi connectivity index (χ1v) is 7.59. The van der Waals surface area contributed by atoms with E-state index in [1.165, 1.54) is 19.3 Å². The summed E-state index contributed by atoms with van der Waals surface area (Å²) in [4.78, 5) is 13.2. The van der Waals surface area contributed by atoms with Crippen molar-refractivity contribution in [2.45, 2.75) is 19.3 Å². The first-order chi connectivity index (χ1) is 10.7. The molecule has 5 heteroatoms. The third kappa shape index (κ3) is 3.19. The highest BCUT2D eigenvalue weighted by molar-refractivity contribution is 5.74. The maximum absolute atomic E-state index is 11.3. The van der Waals surface area contributed by atoms with Crippen LogP contribution in [0.25, 0.3) is 0 Å². The fourth-order valence-corrected chi connectivity index (χ4v) is 2.81. The number of nitro groups is 1. The summed E-state index contributed by atoms with van der Waals surface area (Å²) in [7, 11) is 0. The van der Waals surface area contributed by atoms with E-state index >= 15 is 0 Å². The van der Waals surface area contributed by atoms with Crippen molar-refractivity contribution in [2.24, 2.45) is 0 Å². The van der Waals surface area contributed by atoms with Crippen molar-refractivity contribution in [3.05, 3.63) is 58.6 Å². The maximum Gasteiger partial charge on any atom is 0.292 e. The quantitative estimate of drug-likeness (QED) is 0.674. The van der Waals surface area contributed by atoms with E-state index in [1.54, 1.807) is 6.07 Å². The maximum atomic E-state index is 11.3. The molecular weight excluding hydrogens is 278 g/mol. The van der Waals surface area contributed by atoms with Gasteiger partial charge in [-0.15, -0.1) is 0 Å². The van der Waals surface area contributed by atoms with Gasteiger partial charge in [0.25, 0.3) is 5.69 Å². The summed E-state index contributed by atoms with van der Waals surface area (Å²) in [6.07, 6.45) is 3.62. The Kier molecular flexibility index (Phi) is 4.23. The van der Waals surface area contributed by atoms with E-state index in [2.05, 4.69) is 10.2 Å². The van der Waals surface area contributed by atoms with Crippen LogP contribution in [-0.2, 0) is 0 Å². The molecule has 5 nitrogen and oxygen atoms in total. The molecule has 3 rings (SSSR count). The summed E-state index contributed by atoms with van der Waals surface area (Å²) >= 11 is 0. The van der Waals surface area contributed by atoms with Crippen LogP contribution in [0.3, 0.4) is 0 Å². The van der Waals surface area contributed by atoms with Gasteiger partial charge in [0.1, 0.15) is 5.69 Å². The number of para-hydroxylation sites is 1. The lowest BCUT2D eigenvalue weighted by molar-refractivity contribution is -0.383. The molecule has 0 amide bonds. The molecule has 1 aliphatic heterocycles. The average molecular weight is 297 g/mol. The van der Waals surface area contributed by atoms with Crippen LogP contribution >= 0.6 is 0 Å². The SMILES string of the molecule is O=[N+]([O-])c1ccc(N2CCCCC2)cc1Nc1ccccc1. The molecular formula is C17H19N3O2. The van der Waals surface area contributed by atoms with Crippen molar-refractivity contribution in [1.82, 2.24) is 0 Å².